The largest absolute Gasteiger partial charge is 0.542 e. The molecule has 276 valence electrons. The predicted molar refractivity (Wildman–Crippen MR) is 139 cm³/mol. The summed E-state index contributed by atoms with van der Waals surface area (Å²) < 4.78 is 88.4. The van der Waals surface area contributed by atoms with Crippen molar-refractivity contribution in [3.05, 3.63) is 35.9 Å². The fourth-order valence-corrected chi connectivity index (χ4v) is 2.50. The van der Waals surface area contributed by atoms with Gasteiger partial charge in [0, 0.05) is 0 Å². The van der Waals surface area contributed by atoms with Crippen LogP contribution in [0.25, 0.3) is 0 Å². The normalized spacial score (nSPS) is 11.0. The Morgan fingerprint density at radius 1 is 0.667 bits per heavy atom. The summed E-state index contributed by atoms with van der Waals surface area (Å²) in [4.78, 5) is 54.1. The van der Waals surface area contributed by atoms with E-state index in [9.17, 15) is 40.7 Å². The summed E-state index contributed by atoms with van der Waals surface area (Å²) >= 11 is 0. The number of alkyl halides is 6. The van der Waals surface area contributed by atoms with E-state index >= 15 is 0 Å². The maximum Gasteiger partial charge on any atom is 0.508 e. The third kappa shape index (κ3) is 24.8. The summed E-state index contributed by atoms with van der Waals surface area (Å²) in [6, 6.07) is 9.01. The molecule has 0 saturated heterocycles. The lowest BCUT2D eigenvalue weighted by Crippen LogP contribution is -2.86. The van der Waals surface area contributed by atoms with Crippen molar-refractivity contribution < 1.29 is 105 Å². The van der Waals surface area contributed by atoms with E-state index in [-0.39, 0.29) is 33.0 Å². The quantitative estimate of drug-likeness (QED) is 0.0536. The van der Waals surface area contributed by atoms with Crippen LogP contribution >= 0.6 is 0 Å². The molecule has 0 unspecified atom stereocenters. The third-order valence-electron chi connectivity index (χ3n) is 4.94. The molecule has 22 heteroatoms. The molecular weight excluding hydrogens is 678 g/mol. The first kappa shape index (κ1) is 45.7. The molecule has 16 nitrogen and oxygen atoms in total. The second-order valence-electron chi connectivity index (χ2n) is 9.15. The number of hydrogen-bond acceptors (Lipinski definition) is 14. The van der Waals surface area contributed by atoms with Crippen LogP contribution in [0.4, 0.5) is 35.9 Å². The van der Waals surface area contributed by atoms with Crippen molar-refractivity contribution in [1.82, 2.24) is 0 Å². The minimum Gasteiger partial charge on any atom is -0.542 e. The van der Waals surface area contributed by atoms with Gasteiger partial charge in [0.15, 0.2) is 0 Å². The average molecular weight is 715 g/mol. The van der Waals surface area contributed by atoms with E-state index in [1.807, 2.05) is 6.07 Å². The van der Waals surface area contributed by atoms with Crippen molar-refractivity contribution in [3.63, 3.8) is 0 Å². The van der Waals surface area contributed by atoms with Crippen LogP contribution in [0.3, 0.4) is 0 Å². The van der Waals surface area contributed by atoms with Crippen LogP contribution in [-0.2, 0) is 44.7 Å². The van der Waals surface area contributed by atoms with Gasteiger partial charge in [-0.15, -0.1) is 0 Å². The maximum absolute atomic E-state index is 12.8. The van der Waals surface area contributed by atoms with Crippen LogP contribution in [0, 0.1) is 5.41 Å². The van der Waals surface area contributed by atoms with Crippen LogP contribution in [-0.4, -0.2) is 119 Å². The van der Waals surface area contributed by atoms with Gasteiger partial charge in [-0.25, -0.2) is 9.59 Å². The summed E-state index contributed by atoms with van der Waals surface area (Å²) in [7, 11) is 0. The van der Waals surface area contributed by atoms with Crippen LogP contribution in [0.1, 0.15) is 12.5 Å². The number of quaternary nitrogens is 2. The highest BCUT2D eigenvalue weighted by Gasteiger charge is 2.39. The second-order valence-corrected chi connectivity index (χ2v) is 9.15. The number of carbonyl (C=O) groups is 5. The fraction of sp³-hybridized carbons (Fsp3) is 0.577. The van der Waals surface area contributed by atoms with Crippen LogP contribution in [0.2, 0.25) is 0 Å². The second kappa shape index (κ2) is 24.7. The number of hydrogen-bond donors (Lipinski definition) is 4. The van der Waals surface area contributed by atoms with Crippen LogP contribution < -0.4 is 20.8 Å². The van der Waals surface area contributed by atoms with E-state index in [4.69, 9.17) is 53.7 Å². The fourth-order valence-electron chi connectivity index (χ4n) is 2.50. The average Bonchev–Trinajstić information content (AvgIpc) is 3.01. The molecule has 1 rings (SSSR count). The third-order valence-corrected chi connectivity index (χ3v) is 4.94. The number of carbonyl (C=O) groups excluding carboxylic acids is 5. The molecule has 0 aliphatic rings. The molecule has 0 radical (unpaired) electrons. The predicted octanol–water partition coefficient (Wildman–Crippen LogP) is -3.25. The molecule has 0 spiro atoms. The minimum atomic E-state index is -5.19. The monoisotopic (exact) mass is 714 g/mol. The van der Waals surface area contributed by atoms with Crippen molar-refractivity contribution in [2.45, 2.75) is 25.9 Å². The summed E-state index contributed by atoms with van der Waals surface area (Å²) in [5.74, 6) is -6.75. The van der Waals surface area contributed by atoms with Gasteiger partial charge in [0.25, 0.3) is 0 Å². The van der Waals surface area contributed by atoms with Crippen LogP contribution in [0.15, 0.2) is 30.3 Å². The van der Waals surface area contributed by atoms with E-state index in [2.05, 4.69) is 0 Å². The minimum absolute atomic E-state index is 0.00839. The molecule has 1 aromatic carbocycles. The first-order chi connectivity index (χ1) is 22.3. The van der Waals surface area contributed by atoms with Gasteiger partial charge in [-0.05, 0) is 12.5 Å². The van der Waals surface area contributed by atoms with Gasteiger partial charge in [0.2, 0.25) is 0 Å². The Balaban J connectivity index is 0. The van der Waals surface area contributed by atoms with E-state index < -0.39 is 61.2 Å². The molecule has 0 aliphatic heterocycles. The highest BCUT2D eigenvalue weighted by atomic mass is 19.4. The molecule has 0 saturated carbocycles. The molecule has 6 N–H and O–H groups in total. The Hall–Kier alpha value is -4.41. The smallest absolute Gasteiger partial charge is 0.508 e. The number of esters is 1. The molecule has 0 aromatic heterocycles. The SMILES string of the molecule is CC(COC(=O)OCC[NH2+]CCO)(COC(=O)OCC[NH2+]CCO)C(=O)OCc1ccccc1.O=C([O-])C(F)(F)F.O=C([O-])C(F)(F)F. The molecule has 1 aromatic rings. The number of aliphatic carboxylic acids is 2. The van der Waals surface area contributed by atoms with E-state index in [0.29, 0.717) is 26.2 Å². The zero-order valence-electron chi connectivity index (χ0n) is 25.4. The van der Waals surface area contributed by atoms with Crippen molar-refractivity contribution in [2.24, 2.45) is 5.41 Å². The standard InChI is InChI=1S/C22H34N2O10.2C2HF3O2/c1-22(16-33-20(28)30-13-9-23-7-11-25,17-34-21(29)31-14-10-24-8-12-26)19(27)32-15-18-5-3-2-4-6-18;2*3-2(4,5)1(6)7/h2-6,23-26H,7-17H2,1H3;2*(H,6,7). The van der Waals surface area contributed by atoms with Gasteiger partial charge in [0.1, 0.15) is 63.5 Å². The zero-order valence-corrected chi connectivity index (χ0v) is 25.4. The van der Waals surface area contributed by atoms with Gasteiger partial charge in [0.05, 0.1) is 26.3 Å². The van der Waals surface area contributed by atoms with E-state index in [1.165, 1.54) is 6.92 Å². The highest BCUT2D eigenvalue weighted by molar-refractivity contribution is 5.77. The summed E-state index contributed by atoms with van der Waals surface area (Å²) in [5, 5.41) is 38.5. The molecule has 0 amide bonds. The number of benzene rings is 1. The van der Waals surface area contributed by atoms with E-state index in [1.54, 1.807) is 34.9 Å². The van der Waals surface area contributed by atoms with Gasteiger partial charge < -0.3 is 64.3 Å². The number of halogens is 6. The Kier molecular flexibility index (Phi) is 23.5. The Labute approximate surface area is 268 Å². The van der Waals surface area contributed by atoms with Gasteiger partial charge >= 0.3 is 30.6 Å². The molecule has 0 fully saturated rings. The molecule has 0 atom stereocenters. The number of aliphatic hydroxyl groups excluding tert-OH is 2. The number of nitrogens with two attached hydrogens (primary N) is 2. The van der Waals surface area contributed by atoms with Gasteiger partial charge in [-0.1, -0.05) is 30.3 Å². The highest BCUT2D eigenvalue weighted by Crippen LogP contribution is 2.22. The van der Waals surface area contributed by atoms with Crippen molar-refractivity contribution in [2.75, 3.05) is 65.8 Å². The summed E-state index contributed by atoms with van der Waals surface area (Å²) in [6.07, 6.45) is -12.4. The number of rotatable bonds is 17. The number of aliphatic hydroxyl groups is 2. The number of carboxylic acid groups (broad SMARTS) is 2. The molecule has 0 aliphatic carbocycles. The first-order valence-corrected chi connectivity index (χ1v) is 13.5. The molecule has 48 heavy (non-hydrogen) atoms. The topological polar surface area (TPSA) is 251 Å². The maximum atomic E-state index is 12.8. The van der Waals surface area contributed by atoms with Gasteiger partial charge in [-0.2, -0.15) is 26.3 Å². The zero-order chi connectivity index (χ0) is 37.2. The molecule has 0 bridgehead atoms. The molecule has 0 heterocycles. The van der Waals surface area contributed by atoms with Crippen molar-refractivity contribution >= 4 is 30.2 Å². The summed E-state index contributed by atoms with van der Waals surface area (Å²) in [6.45, 7) is 2.52. The molecular formula is C26H36F6N2O14. The summed E-state index contributed by atoms with van der Waals surface area (Å²) in [5.41, 5.74) is -0.740. The number of ether oxygens (including phenoxy) is 5. The lowest BCUT2D eigenvalue weighted by Gasteiger charge is -2.26. The lowest BCUT2D eigenvalue weighted by molar-refractivity contribution is -0.657. The van der Waals surface area contributed by atoms with E-state index in [0.717, 1.165) is 5.56 Å². The van der Waals surface area contributed by atoms with Crippen molar-refractivity contribution in [3.8, 4) is 0 Å². The number of carboxylic acids is 2. The lowest BCUT2D eigenvalue weighted by atomic mass is 9.93. The Bertz CT molecular complexity index is 1040. The Morgan fingerprint density at radius 3 is 1.38 bits per heavy atom. The Morgan fingerprint density at radius 2 is 1.04 bits per heavy atom. The van der Waals surface area contributed by atoms with Crippen molar-refractivity contribution in [1.29, 1.82) is 0 Å². The van der Waals surface area contributed by atoms with Crippen LogP contribution in [0.5, 0.6) is 0 Å². The van der Waals surface area contributed by atoms with Gasteiger partial charge in [-0.3, -0.25) is 4.79 Å². The first-order valence-electron chi connectivity index (χ1n) is 13.5.